The molecular weight excluding hydrogens is 398 g/mol. The van der Waals surface area contributed by atoms with Crippen molar-refractivity contribution in [2.75, 3.05) is 22.9 Å². The Balaban J connectivity index is 2.08. The molecule has 0 fully saturated rings. The fourth-order valence-electron chi connectivity index (χ4n) is 2.77. The first-order chi connectivity index (χ1) is 13.7. The Labute approximate surface area is 167 Å². The molecule has 0 atom stereocenters. The molecule has 150 valence electrons. The summed E-state index contributed by atoms with van der Waals surface area (Å²) in [5, 5.41) is 2.51. The van der Waals surface area contributed by atoms with Crippen molar-refractivity contribution in [1.82, 2.24) is 0 Å². The van der Waals surface area contributed by atoms with Gasteiger partial charge in [-0.3, -0.25) is 9.10 Å². The monoisotopic (exact) mass is 416 g/mol. The van der Waals surface area contributed by atoms with Gasteiger partial charge >= 0.3 is 0 Å². The van der Waals surface area contributed by atoms with Crippen LogP contribution in [0.3, 0.4) is 0 Å². The lowest BCUT2D eigenvalue weighted by molar-refractivity contribution is 0.102. The average molecular weight is 416 g/mol. The van der Waals surface area contributed by atoms with Gasteiger partial charge in [0.25, 0.3) is 5.91 Å². The lowest BCUT2D eigenvalue weighted by Gasteiger charge is -2.21. The number of halogens is 2. The van der Waals surface area contributed by atoms with Crippen LogP contribution in [-0.2, 0) is 10.0 Å². The minimum Gasteiger partial charge on any atom is -0.320 e. The third kappa shape index (κ3) is 4.43. The van der Waals surface area contributed by atoms with E-state index < -0.39 is 33.1 Å². The predicted molar refractivity (Wildman–Crippen MR) is 109 cm³/mol. The number of hydrogen-bond acceptors (Lipinski definition) is 3. The van der Waals surface area contributed by atoms with Gasteiger partial charge < -0.3 is 5.32 Å². The van der Waals surface area contributed by atoms with Crippen molar-refractivity contribution in [3.8, 4) is 11.1 Å². The topological polar surface area (TPSA) is 66.5 Å². The van der Waals surface area contributed by atoms with E-state index in [1.807, 2.05) is 30.3 Å². The van der Waals surface area contributed by atoms with Gasteiger partial charge in [-0.1, -0.05) is 42.5 Å². The number of rotatable bonds is 5. The van der Waals surface area contributed by atoms with Gasteiger partial charge in [-0.25, -0.2) is 17.2 Å². The Bertz CT molecular complexity index is 1170. The zero-order valence-corrected chi connectivity index (χ0v) is 16.5. The van der Waals surface area contributed by atoms with Crippen molar-refractivity contribution in [2.45, 2.75) is 0 Å². The molecule has 0 spiro atoms. The van der Waals surface area contributed by atoms with Crippen molar-refractivity contribution in [3.05, 3.63) is 83.9 Å². The maximum absolute atomic E-state index is 14.0. The summed E-state index contributed by atoms with van der Waals surface area (Å²) in [4.78, 5) is 12.6. The number of hydrogen-bond donors (Lipinski definition) is 1. The lowest BCUT2D eigenvalue weighted by Crippen LogP contribution is -2.26. The van der Waals surface area contributed by atoms with Crippen molar-refractivity contribution in [3.63, 3.8) is 0 Å². The smallest absolute Gasteiger partial charge is 0.258 e. The summed E-state index contributed by atoms with van der Waals surface area (Å²) in [5.41, 5.74) is 1.41. The van der Waals surface area contributed by atoms with E-state index in [9.17, 15) is 22.0 Å². The van der Waals surface area contributed by atoms with Crippen LogP contribution >= 0.6 is 0 Å². The number of carbonyl (C=O) groups is 1. The van der Waals surface area contributed by atoms with E-state index in [-0.39, 0.29) is 11.4 Å². The highest BCUT2D eigenvalue weighted by Crippen LogP contribution is 2.32. The number of sulfonamides is 1. The normalized spacial score (nSPS) is 11.2. The molecule has 0 aliphatic carbocycles. The van der Waals surface area contributed by atoms with Crippen LogP contribution in [0.1, 0.15) is 10.4 Å². The minimum atomic E-state index is -3.62. The Morgan fingerprint density at radius 3 is 2.28 bits per heavy atom. The maximum atomic E-state index is 14.0. The average Bonchev–Trinajstić information content (AvgIpc) is 2.69. The van der Waals surface area contributed by atoms with Crippen LogP contribution in [0.4, 0.5) is 20.2 Å². The van der Waals surface area contributed by atoms with E-state index in [2.05, 4.69) is 5.32 Å². The third-order valence-corrected chi connectivity index (χ3v) is 5.58. The summed E-state index contributed by atoms with van der Waals surface area (Å²) in [7, 11) is -2.28. The second kappa shape index (κ2) is 8.00. The minimum absolute atomic E-state index is 0.146. The van der Waals surface area contributed by atoms with Gasteiger partial charge in [0.15, 0.2) is 11.6 Å². The summed E-state index contributed by atoms with van der Waals surface area (Å²) in [6.07, 6.45) is 1.02. The molecule has 0 unspecified atom stereocenters. The van der Waals surface area contributed by atoms with Crippen LogP contribution in [0.25, 0.3) is 11.1 Å². The quantitative estimate of drug-likeness (QED) is 0.675. The standard InChI is InChI=1S/C21H18F2N2O3S/c1-25(29(2,27)28)19-12-11-15(14-7-4-3-5-8-14)13-18(19)24-21(26)16-9-6-10-17(22)20(16)23/h3-13H,1-2H3,(H,24,26). The van der Waals surface area contributed by atoms with Crippen LogP contribution in [0.2, 0.25) is 0 Å². The molecule has 3 aromatic carbocycles. The molecule has 0 bridgehead atoms. The zero-order chi connectivity index (χ0) is 21.2. The molecule has 0 aromatic heterocycles. The second-order valence-electron chi connectivity index (χ2n) is 6.38. The molecule has 0 radical (unpaired) electrons. The van der Waals surface area contributed by atoms with Crippen LogP contribution in [0.5, 0.6) is 0 Å². The van der Waals surface area contributed by atoms with Crippen LogP contribution in [-0.4, -0.2) is 27.6 Å². The van der Waals surface area contributed by atoms with Crippen LogP contribution in [0.15, 0.2) is 66.7 Å². The van der Waals surface area contributed by atoms with E-state index in [4.69, 9.17) is 0 Å². The molecule has 0 saturated heterocycles. The van der Waals surface area contributed by atoms with Gasteiger partial charge in [-0.2, -0.15) is 0 Å². The SMILES string of the molecule is CN(c1ccc(-c2ccccc2)cc1NC(=O)c1cccc(F)c1F)S(C)(=O)=O. The highest BCUT2D eigenvalue weighted by molar-refractivity contribution is 7.92. The Morgan fingerprint density at radius 1 is 0.931 bits per heavy atom. The summed E-state index contributed by atoms with van der Waals surface area (Å²) in [6.45, 7) is 0. The van der Waals surface area contributed by atoms with Gasteiger partial charge in [0.1, 0.15) is 0 Å². The van der Waals surface area contributed by atoms with E-state index >= 15 is 0 Å². The number of carbonyl (C=O) groups excluding carboxylic acids is 1. The Morgan fingerprint density at radius 2 is 1.62 bits per heavy atom. The molecule has 0 heterocycles. The van der Waals surface area contributed by atoms with E-state index in [0.717, 1.165) is 28.3 Å². The van der Waals surface area contributed by atoms with E-state index in [1.165, 1.54) is 13.1 Å². The van der Waals surface area contributed by atoms with Gasteiger partial charge in [0.05, 0.1) is 23.2 Å². The fourth-order valence-corrected chi connectivity index (χ4v) is 3.28. The highest BCUT2D eigenvalue weighted by atomic mass is 32.2. The van der Waals surface area contributed by atoms with E-state index in [0.29, 0.717) is 5.56 Å². The third-order valence-electron chi connectivity index (χ3n) is 4.38. The molecule has 0 aliphatic rings. The van der Waals surface area contributed by atoms with Crippen molar-refractivity contribution in [2.24, 2.45) is 0 Å². The molecule has 3 aromatic rings. The predicted octanol–water partition coefficient (Wildman–Crippen LogP) is 4.28. The molecule has 8 heteroatoms. The van der Waals surface area contributed by atoms with Crippen molar-refractivity contribution < 1.29 is 22.0 Å². The first-order valence-corrected chi connectivity index (χ1v) is 10.4. The number of nitrogens with one attached hydrogen (secondary N) is 1. The highest BCUT2D eigenvalue weighted by Gasteiger charge is 2.20. The molecule has 0 aliphatic heterocycles. The Kier molecular flexibility index (Phi) is 5.65. The van der Waals surface area contributed by atoms with Crippen molar-refractivity contribution >= 4 is 27.3 Å². The summed E-state index contributed by atoms with van der Waals surface area (Å²) < 4.78 is 52.5. The number of amides is 1. The van der Waals surface area contributed by atoms with Gasteiger partial charge in [-0.05, 0) is 35.4 Å². The first kappa shape index (κ1) is 20.5. The van der Waals surface area contributed by atoms with Gasteiger partial charge in [0, 0.05) is 7.05 Å². The summed E-state index contributed by atoms with van der Waals surface area (Å²) in [5.74, 6) is -3.32. The molecule has 5 nitrogen and oxygen atoms in total. The molecule has 1 N–H and O–H groups in total. The van der Waals surface area contributed by atoms with Crippen molar-refractivity contribution in [1.29, 1.82) is 0 Å². The number of nitrogens with zero attached hydrogens (tertiary/aromatic N) is 1. The molecule has 29 heavy (non-hydrogen) atoms. The molecule has 3 rings (SSSR count). The largest absolute Gasteiger partial charge is 0.320 e. The Hall–Kier alpha value is -3.26. The summed E-state index contributed by atoms with van der Waals surface area (Å²) >= 11 is 0. The lowest BCUT2D eigenvalue weighted by atomic mass is 10.0. The zero-order valence-electron chi connectivity index (χ0n) is 15.7. The van der Waals surface area contributed by atoms with Gasteiger partial charge in [-0.15, -0.1) is 0 Å². The second-order valence-corrected chi connectivity index (χ2v) is 8.40. The maximum Gasteiger partial charge on any atom is 0.258 e. The molecule has 0 saturated carbocycles. The van der Waals surface area contributed by atoms with Crippen LogP contribution in [0, 0.1) is 11.6 Å². The number of benzene rings is 3. The van der Waals surface area contributed by atoms with E-state index in [1.54, 1.807) is 18.2 Å². The summed E-state index contributed by atoms with van der Waals surface area (Å²) in [6, 6.07) is 17.4. The first-order valence-electron chi connectivity index (χ1n) is 8.57. The molecular formula is C21H18F2N2O3S. The fraction of sp³-hybridized carbons (Fsp3) is 0.0952. The van der Waals surface area contributed by atoms with Crippen LogP contribution < -0.4 is 9.62 Å². The number of anilines is 2. The van der Waals surface area contributed by atoms with Gasteiger partial charge in [0.2, 0.25) is 10.0 Å². The molecule has 1 amide bonds.